The Kier molecular flexibility index (Phi) is 8.43. The van der Waals surface area contributed by atoms with Crippen LogP contribution in [0.1, 0.15) is 30.9 Å². The van der Waals surface area contributed by atoms with Gasteiger partial charge in [0.05, 0.1) is 0 Å². The molecule has 0 heterocycles. The van der Waals surface area contributed by atoms with Crippen LogP contribution in [-0.2, 0) is 16.6 Å². The van der Waals surface area contributed by atoms with Gasteiger partial charge in [-0.05, 0) is 48.6 Å². The summed E-state index contributed by atoms with van der Waals surface area (Å²) in [6.45, 7) is 2.89. The molecule has 0 saturated heterocycles. The van der Waals surface area contributed by atoms with Crippen LogP contribution in [0.15, 0.2) is 53.5 Å². The number of carbonyl (C=O) groups is 1. The zero-order valence-corrected chi connectivity index (χ0v) is 19.1. The van der Waals surface area contributed by atoms with E-state index in [-0.39, 0.29) is 41.1 Å². The van der Waals surface area contributed by atoms with Crippen LogP contribution in [0.25, 0.3) is 0 Å². The molecule has 0 aliphatic heterocycles. The number of amides is 1. The summed E-state index contributed by atoms with van der Waals surface area (Å²) in [5.74, 6) is 0.512. The van der Waals surface area contributed by atoms with Gasteiger partial charge >= 0.3 is 0 Å². The summed E-state index contributed by atoms with van der Waals surface area (Å²) in [6, 6.07) is 14.8. The van der Waals surface area contributed by atoms with Crippen LogP contribution in [0.5, 0.6) is 0 Å². The first-order chi connectivity index (χ1) is 13.5. The number of hydrogen-bond donors (Lipinski definition) is 3. The fraction of sp³-hybridized carbons (Fsp3) is 0.364. The molecule has 7 heteroatoms. The molecular weight excluding hydrogens is 482 g/mol. The smallest absolute Gasteiger partial charge is 0.221 e. The van der Waals surface area contributed by atoms with E-state index in [1.54, 1.807) is 13.1 Å². The van der Waals surface area contributed by atoms with Crippen LogP contribution in [-0.4, -0.2) is 32.0 Å². The maximum Gasteiger partial charge on any atom is 0.221 e. The SMILES string of the molecule is CN=C(NCCc1ccc(NC(C)=O)cc1)NCC1(c2ccccc2F)CC1.I. The molecule has 1 fully saturated rings. The lowest BCUT2D eigenvalue weighted by atomic mass is 9.95. The monoisotopic (exact) mass is 510 g/mol. The maximum atomic E-state index is 14.1. The average Bonchev–Trinajstić information content (AvgIpc) is 3.46. The highest BCUT2D eigenvalue weighted by Crippen LogP contribution is 2.48. The molecule has 3 rings (SSSR count). The second kappa shape index (κ2) is 10.6. The molecular formula is C22H28FIN4O. The van der Waals surface area contributed by atoms with Crippen molar-refractivity contribution in [3.63, 3.8) is 0 Å². The van der Waals surface area contributed by atoms with E-state index < -0.39 is 0 Å². The summed E-state index contributed by atoms with van der Waals surface area (Å²) >= 11 is 0. The highest BCUT2D eigenvalue weighted by molar-refractivity contribution is 14.0. The fourth-order valence-electron chi connectivity index (χ4n) is 3.34. The molecule has 0 unspecified atom stereocenters. The van der Waals surface area contributed by atoms with Gasteiger partial charge in [-0.25, -0.2) is 4.39 Å². The van der Waals surface area contributed by atoms with Gasteiger partial charge in [-0.3, -0.25) is 9.79 Å². The van der Waals surface area contributed by atoms with Crippen molar-refractivity contribution in [2.75, 3.05) is 25.5 Å². The van der Waals surface area contributed by atoms with Gasteiger partial charge in [0.15, 0.2) is 5.96 Å². The second-order valence-corrected chi connectivity index (χ2v) is 7.24. The molecule has 2 aromatic rings. The third-order valence-corrected chi connectivity index (χ3v) is 5.10. The molecule has 1 amide bonds. The summed E-state index contributed by atoms with van der Waals surface area (Å²) in [6.07, 6.45) is 2.80. The third-order valence-electron chi connectivity index (χ3n) is 5.10. The molecule has 3 N–H and O–H groups in total. The zero-order chi connectivity index (χ0) is 20.0. The Morgan fingerprint density at radius 2 is 1.79 bits per heavy atom. The van der Waals surface area contributed by atoms with Gasteiger partial charge in [-0.1, -0.05) is 30.3 Å². The number of nitrogens with zero attached hydrogens (tertiary/aromatic N) is 1. The first kappa shape index (κ1) is 23.1. The molecule has 29 heavy (non-hydrogen) atoms. The van der Waals surface area contributed by atoms with Crippen LogP contribution in [0, 0.1) is 5.82 Å². The molecule has 1 saturated carbocycles. The van der Waals surface area contributed by atoms with Crippen molar-refractivity contribution < 1.29 is 9.18 Å². The Balaban J connectivity index is 0.00000300. The number of guanidine groups is 1. The Morgan fingerprint density at radius 1 is 1.10 bits per heavy atom. The lowest BCUT2D eigenvalue weighted by molar-refractivity contribution is -0.114. The van der Waals surface area contributed by atoms with E-state index in [0.717, 1.165) is 43.0 Å². The van der Waals surface area contributed by atoms with E-state index in [1.165, 1.54) is 18.6 Å². The van der Waals surface area contributed by atoms with Crippen molar-refractivity contribution in [3.8, 4) is 0 Å². The molecule has 1 aliphatic rings. The largest absolute Gasteiger partial charge is 0.356 e. The number of nitrogens with one attached hydrogen (secondary N) is 3. The van der Waals surface area contributed by atoms with Crippen LogP contribution < -0.4 is 16.0 Å². The minimum Gasteiger partial charge on any atom is -0.356 e. The fourth-order valence-corrected chi connectivity index (χ4v) is 3.34. The predicted octanol–water partition coefficient (Wildman–Crippen LogP) is 3.84. The molecule has 1 aliphatic carbocycles. The molecule has 2 aromatic carbocycles. The summed E-state index contributed by atoms with van der Waals surface area (Å²) in [7, 11) is 1.74. The highest BCUT2D eigenvalue weighted by atomic mass is 127. The minimum atomic E-state index is -0.132. The lowest BCUT2D eigenvalue weighted by Crippen LogP contribution is -2.42. The first-order valence-electron chi connectivity index (χ1n) is 9.58. The van der Waals surface area contributed by atoms with Crippen LogP contribution in [0.3, 0.4) is 0 Å². The van der Waals surface area contributed by atoms with Crippen molar-refractivity contribution in [1.82, 2.24) is 10.6 Å². The molecule has 0 spiro atoms. The van der Waals surface area contributed by atoms with Crippen molar-refractivity contribution in [3.05, 3.63) is 65.5 Å². The number of benzene rings is 2. The average molecular weight is 510 g/mol. The van der Waals surface area contributed by atoms with Crippen LogP contribution >= 0.6 is 24.0 Å². The second-order valence-electron chi connectivity index (χ2n) is 7.24. The highest BCUT2D eigenvalue weighted by Gasteiger charge is 2.45. The zero-order valence-electron chi connectivity index (χ0n) is 16.8. The van der Waals surface area contributed by atoms with E-state index >= 15 is 0 Å². The summed E-state index contributed by atoms with van der Waals surface area (Å²) < 4.78 is 14.1. The van der Waals surface area contributed by atoms with E-state index in [2.05, 4.69) is 20.9 Å². The van der Waals surface area contributed by atoms with Gasteiger partial charge in [-0.15, -0.1) is 24.0 Å². The number of rotatable bonds is 7. The van der Waals surface area contributed by atoms with Crippen molar-refractivity contribution >= 4 is 41.5 Å². The van der Waals surface area contributed by atoms with Crippen LogP contribution in [0.2, 0.25) is 0 Å². The molecule has 5 nitrogen and oxygen atoms in total. The summed E-state index contributed by atoms with van der Waals surface area (Å²) in [5, 5.41) is 9.41. The van der Waals surface area contributed by atoms with Gasteiger partial charge in [0.25, 0.3) is 0 Å². The molecule has 0 radical (unpaired) electrons. The van der Waals surface area contributed by atoms with E-state index in [9.17, 15) is 9.18 Å². The standard InChI is InChI=1S/C22H27FN4O.HI/c1-16(28)27-18-9-7-17(8-10-18)11-14-25-21(24-2)26-15-22(12-13-22)19-5-3-4-6-20(19)23;/h3-10H,11-15H2,1-2H3,(H,27,28)(H2,24,25,26);1H. The van der Waals surface area contributed by atoms with Crippen molar-refractivity contribution in [2.24, 2.45) is 4.99 Å². The third kappa shape index (κ3) is 6.42. The molecule has 156 valence electrons. The van der Waals surface area contributed by atoms with Crippen LogP contribution in [0.4, 0.5) is 10.1 Å². The first-order valence-corrected chi connectivity index (χ1v) is 9.58. The molecule has 0 atom stereocenters. The van der Waals surface area contributed by atoms with Crippen molar-refractivity contribution in [2.45, 2.75) is 31.6 Å². The predicted molar refractivity (Wildman–Crippen MR) is 127 cm³/mol. The summed E-state index contributed by atoms with van der Waals surface area (Å²) in [4.78, 5) is 15.3. The quantitative estimate of drug-likeness (QED) is 0.302. The summed E-state index contributed by atoms with van der Waals surface area (Å²) in [5.41, 5.74) is 2.63. The normalized spacial score (nSPS) is 14.5. The van der Waals surface area contributed by atoms with Gasteiger partial charge in [-0.2, -0.15) is 0 Å². The number of anilines is 1. The number of carbonyl (C=O) groups excluding carboxylic acids is 1. The van der Waals surface area contributed by atoms with E-state index in [1.807, 2.05) is 36.4 Å². The Morgan fingerprint density at radius 3 is 2.38 bits per heavy atom. The number of aliphatic imine (C=N–C) groups is 1. The number of halogens is 2. The van der Waals surface area contributed by atoms with Gasteiger partial charge in [0.1, 0.15) is 5.82 Å². The molecule has 0 bridgehead atoms. The van der Waals surface area contributed by atoms with E-state index in [4.69, 9.17) is 0 Å². The topological polar surface area (TPSA) is 65.5 Å². The Labute approximate surface area is 188 Å². The maximum absolute atomic E-state index is 14.1. The van der Waals surface area contributed by atoms with Gasteiger partial charge < -0.3 is 16.0 Å². The van der Waals surface area contributed by atoms with Crippen molar-refractivity contribution in [1.29, 1.82) is 0 Å². The Bertz CT molecular complexity index is 850. The minimum absolute atomic E-state index is 0. The Hall–Kier alpha value is -2.16. The lowest BCUT2D eigenvalue weighted by Gasteiger charge is -2.19. The number of hydrogen-bond acceptors (Lipinski definition) is 2. The molecule has 0 aromatic heterocycles. The van der Waals surface area contributed by atoms with Gasteiger partial charge in [0, 0.05) is 38.2 Å². The van der Waals surface area contributed by atoms with E-state index in [0.29, 0.717) is 6.54 Å². The van der Waals surface area contributed by atoms with Gasteiger partial charge in [0.2, 0.25) is 5.91 Å².